The zero-order valence-electron chi connectivity index (χ0n) is 16.5. The highest BCUT2D eigenvalue weighted by Crippen LogP contribution is 2.35. The lowest BCUT2D eigenvalue weighted by atomic mass is 9.88. The number of benzene rings is 1. The smallest absolute Gasteiger partial charge is 0.159 e. The molecule has 0 amide bonds. The summed E-state index contributed by atoms with van der Waals surface area (Å²) >= 11 is 0. The number of hydrogen-bond acceptors (Lipinski definition) is 5. The van der Waals surface area contributed by atoms with E-state index in [4.69, 9.17) is 4.98 Å². The number of aromatic nitrogens is 2. The topological polar surface area (TPSA) is 78.3 Å². The van der Waals surface area contributed by atoms with Crippen molar-refractivity contribution in [3.63, 3.8) is 0 Å². The van der Waals surface area contributed by atoms with E-state index in [0.29, 0.717) is 18.7 Å². The molecule has 3 N–H and O–H groups in total. The summed E-state index contributed by atoms with van der Waals surface area (Å²) in [5, 5.41) is 23.9. The van der Waals surface area contributed by atoms with Gasteiger partial charge >= 0.3 is 0 Å². The molecule has 1 aliphatic rings. The first kappa shape index (κ1) is 19.9. The zero-order valence-corrected chi connectivity index (χ0v) is 16.5. The molecule has 0 aliphatic heterocycles. The van der Waals surface area contributed by atoms with E-state index in [1.807, 2.05) is 36.4 Å². The van der Waals surface area contributed by atoms with Gasteiger partial charge in [0.2, 0.25) is 0 Å². The van der Waals surface area contributed by atoms with Crippen molar-refractivity contribution in [1.29, 1.82) is 0 Å². The molecule has 1 saturated carbocycles. The van der Waals surface area contributed by atoms with Crippen LogP contribution in [-0.4, -0.2) is 45.5 Å². The van der Waals surface area contributed by atoms with Crippen LogP contribution < -0.4 is 5.32 Å². The number of nitrogens with one attached hydrogen (secondary N) is 1. The molecule has 0 spiro atoms. The summed E-state index contributed by atoms with van der Waals surface area (Å²) < 4.78 is 0. The number of hydrogen-bond donors (Lipinski definition) is 3. The maximum absolute atomic E-state index is 10.4. The fourth-order valence-electron chi connectivity index (χ4n) is 3.89. The second-order valence-electron chi connectivity index (χ2n) is 8.80. The van der Waals surface area contributed by atoms with Gasteiger partial charge in [0.15, 0.2) is 5.82 Å². The molecule has 1 heterocycles. The molecule has 0 bridgehead atoms. The third-order valence-corrected chi connectivity index (χ3v) is 5.35. The van der Waals surface area contributed by atoms with Crippen molar-refractivity contribution in [3.8, 4) is 11.4 Å². The maximum Gasteiger partial charge on any atom is 0.159 e. The van der Waals surface area contributed by atoms with Crippen molar-refractivity contribution in [2.45, 2.75) is 45.8 Å². The molecule has 4 atom stereocenters. The van der Waals surface area contributed by atoms with Crippen molar-refractivity contribution in [3.05, 3.63) is 48.3 Å². The molecule has 0 saturated heterocycles. The van der Waals surface area contributed by atoms with Crippen LogP contribution in [0.4, 0.5) is 0 Å². The van der Waals surface area contributed by atoms with Gasteiger partial charge in [-0.2, -0.15) is 0 Å². The Morgan fingerprint density at radius 2 is 1.85 bits per heavy atom. The summed E-state index contributed by atoms with van der Waals surface area (Å²) in [5.74, 6) is 0.731. The summed E-state index contributed by atoms with van der Waals surface area (Å²) in [6, 6.07) is 12.0. The third-order valence-electron chi connectivity index (χ3n) is 5.35. The maximum atomic E-state index is 10.4. The van der Waals surface area contributed by atoms with E-state index in [1.54, 1.807) is 6.20 Å². The SMILES string of the molecule is CC(C)(C)CN[C@@H]1C[C@@H](O)[C@H](CO)[C@H]1Cc1ccnc(-c2ccccc2)n1. The van der Waals surface area contributed by atoms with E-state index in [2.05, 4.69) is 31.1 Å². The van der Waals surface area contributed by atoms with Crippen LogP contribution in [-0.2, 0) is 6.42 Å². The Labute approximate surface area is 161 Å². The summed E-state index contributed by atoms with van der Waals surface area (Å²) in [6.45, 7) is 7.45. The third kappa shape index (κ3) is 5.12. The second kappa shape index (κ2) is 8.46. The van der Waals surface area contributed by atoms with Crippen molar-refractivity contribution in [2.75, 3.05) is 13.2 Å². The molecule has 27 heavy (non-hydrogen) atoms. The number of aliphatic hydroxyl groups is 2. The zero-order chi connectivity index (χ0) is 19.4. The minimum absolute atomic E-state index is 0.00381. The van der Waals surface area contributed by atoms with E-state index >= 15 is 0 Å². The van der Waals surface area contributed by atoms with Crippen molar-refractivity contribution < 1.29 is 10.2 Å². The summed E-state index contributed by atoms with van der Waals surface area (Å²) in [6.07, 6.45) is 2.70. The van der Waals surface area contributed by atoms with Crippen molar-refractivity contribution in [2.24, 2.45) is 17.3 Å². The summed E-state index contributed by atoms with van der Waals surface area (Å²) in [4.78, 5) is 9.14. The summed E-state index contributed by atoms with van der Waals surface area (Å²) in [5.41, 5.74) is 2.11. The van der Waals surface area contributed by atoms with Crippen molar-refractivity contribution >= 4 is 0 Å². The van der Waals surface area contributed by atoms with Crippen LogP contribution in [0.25, 0.3) is 11.4 Å². The second-order valence-corrected chi connectivity index (χ2v) is 8.80. The molecule has 0 unspecified atom stereocenters. The van der Waals surface area contributed by atoms with Crippen LogP contribution in [0.2, 0.25) is 0 Å². The van der Waals surface area contributed by atoms with Crippen LogP contribution in [0.3, 0.4) is 0 Å². The molecule has 2 aromatic rings. The quantitative estimate of drug-likeness (QED) is 0.730. The first-order valence-corrected chi connectivity index (χ1v) is 9.77. The predicted octanol–water partition coefficient (Wildman–Crippen LogP) is 2.68. The molecular formula is C22H31N3O2. The fourth-order valence-corrected chi connectivity index (χ4v) is 3.89. The number of aliphatic hydroxyl groups excluding tert-OH is 2. The van der Waals surface area contributed by atoms with E-state index in [1.165, 1.54) is 0 Å². The highest BCUT2D eigenvalue weighted by molar-refractivity contribution is 5.54. The van der Waals surface area contributed by atoms with Gasteiger partial charge in [-0.25, -0.2) is 9.97 Å². The van der Waals surface area contributed by atoms with Crippen LogP contribution in [0.1, 0.15) is 32.9 Å². The highest BCUT2D eigenvalue weighted by Gasteiger charge is 2.42. The lowest BCUT2D eigenvalue weighted by molar-refractivity contribution is 0.0715. The van der Waals surface area contributed by atoms with Gasteiger partial charge < -0.3 is 15.5 Å². The monoisotopic (exact) mass is 369 g/mol. The average molecular weight is 370 g/mol. The fraction of sp³-hybridized carbons (Fsp3) is 0.545. The Morgan fingerprint density at radius 3 is 2.52 bits per heavy atom. The molecule has 3 rings (SSSR count). The normalized spacial score (nSPS) is 25.7. The van der Waals surface area contributed by atoms with Gasteiger partial charge in [-0.1, -0.05) is 51.1 Å². The Kier molecular flexibility index (Phi) is 6.25. The summed E-state index contributed by atoms with van der Waals surface area (Å²) in [7, 11) is 0. The largest absolute Gasteiger partial charge is 0.396 e. The molecule has 1 aromatic heterocycles. The van der Waals surface area contributed by atoms with E-state index < -0.39 is 6.10 Å². The molecule has 1 aromatic carbocycles. The van der Waals surface area contributed by atoms with Crippen LogP contribution in [0.5, 0.6) is 0 Å². The first-order valence-electron chi connectivity index (χ1n) is 9.77. The Morgan fingerprint density at radius 1 is 1.11 bits per heavy atom. The highest BCUT2D eigenvalue weighted by atomic mass is 16.3. The Balaban J connectivity index is 1.78. The molecule has 0 radical (unpaired) electrons. The molecule has 146 valence electrons. The first-order chi connectivity index (χ1) is 12.9. The van der Waals surface area contributed by atoms with Gasteiger partial charge in [-0.05, 0) is 30.2 Å². The van der Waals surface area contributed by atoms with E-state index in [-0.39, 0.29) is 29.9 Å². The van der Waals surface area contributed by atoms with Gasteiger partial charge in [0, 0.05) is 42.6 Å². The lowest BCUT2D eigenvalue weighted by Gasteiger charge is -2.28. The average Bonchev–Trinajstić information content (AvgIpc) is 2.95. The molecule has 1 fully saturated rings. The van der Waals surface area contributed by atoms with Crippen LogP contribution >= 0.6 is 0 Å². The predicted molar refractivity (Wildman–Crippen MR) is 107 cm³/mol. The van der Waals surface area contributed by atoms with Crippen LogP contribution in [0, 0.1) is 17.3 Å². The van der Waals surface area contributed by atoms with E-state index in [9.17, 15) is 10.2 Å². The molecule has 5 heteroatoms. The Hall–Kier alpha value is -1.82. The van der Waals surface area contributed by atoms with Gasteiger partial charge in [-0.15, -0.1) is 0 Å². The molecule has 1 aliphatic carbocycles. The van der Waals surface area contributed by atoms with Gasteiger partial charge in [0.25, 0.3) is 0 Å². The number of nitrogens with zero attached hydrogens (tertiary/aromatic N) is 2. The van der Waals surface area contributed by atoms with Gasteiger partial charge in [0.05, 0.1) is 6.10 Å². The standard InChI is InChI=1S/C22H31N3O2/c1-22(2,3)14-24-19-12-20(27)18(13-26)17(19)11-16-9-10-23-21(25-16)15-7-5-4-6-8-15/h4-10,17-20,24,26-27H,11-14H2,1-3H3/t17-,18-,19-,20-/m1/s1. The minimum Gasteiger partial charge on any atom is -0.396 e. The van der Waals surface area contributed by atoms with Crippen LogP contribution in [0.15, 0.2) is 42.6 Å². The van der Waals surface area contributed by atoms with Gasteiger partial charge in [0.1, 0.15) is 0 Å². The lowest BCUT2D eigenvalue weighted by Crippen LogP contribution is -2.40. The number of rotatable bonds is 6. The molecular weight excluding hydrogens is 338 g/mol. The van der Waals surface area contributed by atoms with Gasteiger partial charge in [-0.3, -0.25) is 0 Å². The molecule has 5 nitrogen and oxygen atoms in total. The minimum atomic E-state index is -0.479. The van der Waals surface area contributed by atoms with E-state index in [0.717, 1.165) is 17.8 Å². The Bertz CT molecular complexity index is 730. The van der Waals surface area contributed by atoms with Crippen molar-refractivity contribution in [1.82, 2.24) is 15.3 Å².